The smallest absolute Gasteiger partial charge is 0.326 e. The van der Waals surface area contributed by atoms with E-state index in [1.54, 1.807) is 35.8 Å². The predicted octanol–water partition coefficient (Wildman–Crippen LogP) is 3.02. The molecule has 0 aliphatic heterocycles. The molecule has 3 rings (SSSR count). The molecule has 2 aromatic carbocycles. The number of hydrogen-bond acceptors (Lipinski definition) is 4. The van der Waals surface area contributed by atoms with E-state index in [0.29, 0.717) is 16.7 Å². The number of aromatic nitrogens is 2. The first kappa shape index (κ1) is 18.7. The van der Waals surface area contributed by atoms with Crippen LogP contribution < -0.4 is 5.56 Å². The van der Waals surface area contributed by atoms with E-state index in [-0.39, 0.29) is 31.6 Å². The molecule has 0 radical (unpaired) electrons. The number of carbonyl (C=O) groups excluding carboxylic acids is 1. The maximum atomic E-state index is 13.9. The molecule has 0 saturated carbocycles. The zero-order valence-corrected chi connectivity index (χ0v) is 14.7. The Bertz CT molecular complexity index is 1050. The molecule has 0 amide bonds. The molecule has 0 fully saturated rings. The molecule has 7 heteroatoms. The molecule has 0 atom stereocenters. The highest BCUT2D eigenvalue weighted by atomic mass is 19.2. The van der Waals surface area contributed by atoms with Gasteiger partial charge in [0.15, 0.2) is 11.6 Å². The first-order valence-electron chi connectivity index (χ1n) is 8.58. The summed E-state index contributed by atoms with van der Waals surface area (Å²) in [6, 6.07) is 10.7. The van der Waals surface area contributed by atoms with Gasteiger partial charge in [-0.05, 0) is 37.1 Å². The van der Waals surface area contributed by atoms with Gasteiger partial charge in [-0.1, -0.05) is 24.3 Å². The Labute approximate surface area is 154 Å². The summed E-state index contributed by atoms with van der Waals surface area (Å²) < 4.78 is 33.9. The maximum absolute atomic E-state index is 13.9. The third kappa shape index (κ3) is 4.02. The molecule has 0 aliphatic rings. The summed E-state index contributed by atoms with van der Waals surface area (Å²) in [5.74, 6) is -2.00. The summed E-state index contributed by atoms with van der Waals surface area (Å²) in [4.78, 5) is 28.4. The van der Waals surface area contributed by atoms with E-state index in [1.807, 2.05) is 0 Å². The zero-order chi connectivity index (χ0) is 19.4. The quantitative estimate of drug-likeness (QED) is 0.624. The van der Waals surface area contributed by atoms with E-state index in [2.05, 4.69) is 4.98 Å². The highest BCUT2D eigenvalue weighted by Gasteiger charge is 2.15. The Morgan fingerprint density at radius 3 is 2.67 bits per heavy atom. The maximum Gasteiger partial charge on any atom is 0.326 e. The average molecular weight is 372 g/mol. The van der Waals surface area contributed by atoms with E-state index in [1.165, 1.54) is 12.1 Å². The normalized spacial score (nSPS) is 10.9. The van der Waals surface area contributed by atoms with Gasteiger partial charge in [-0.15, -0.1) is 0 Å². The van der Waals surface area contributed by atoms with E-state index in [0.717, 1.165) is 6.07 Å². The van der Waals surface area contributed by atoms with Crippen LogP contribution in [0.15, 0.2) is 47.3 Å². The summed E-state index contributed by atoms with van der Waals surface area (Å²) in [6.45, 7) is 1.81. The van der Waals surface area contributed by atoms with Crippen molar-refractivity contribution in [3.63, 3.8) is 0 Å². The van der Waals surface area contributed by atoms with Crippen LogP contribution in [0.1, 0.15) is 18.3 Å². The molecule has 0 unspecified atom stereocenters. The predicted molar refractivity (Wildman–Crippen MR) is 96.4 cm³/mol. The van der Waals surface area contributed by atoms with Gasteiger partial charge in [-0.3, -0.25) is 9.59 Å². The van der Waals surface area contributed by atoms with Crippen molar-refractivity contribution in [3.05, 3.63) is 75.8 Å². The number of fused-ring (bicyclic) bond motifs is 1. The fraction of sp³-hybridized carbons (Fsp3) is 0.250. The summed E-state index contributed by atoms with van der Waals surface area (Å²) in [5, 5.41) is 0.377. The van der Waals surface area contributed by atoms with E-state index < -0.39 is 23.2 Å². The summed E-state index contributed by atoms with van der Waals surface area (Å²) in [6.07, 6.45) is 0.303. The fourth-order valence-corrected chi connectivity index (χ4v) is 2.96. The van der Waals surface area contributed by atoms with Crippen molar-refractivity contribution in [2.24, 2.45) is 0 Å². The molecule has 0 aliphatic carbocycles. The Morgan fingerprint density at radius 2 is 1.89 bits per heavy atom. The minimum Gasteiger partial charge on any atom is -0.465 e. The van der Waals surface area contributed by atoms with Crippen LogP contribution in [0.4, 0.5) is 8.78 Å². The first-order valence-corrected chi connectivity index (χ1v) is 8.58. The highest BCUT2D eigenvalue weighted by Crippen LogP contribution is 2.16. The van der Waals surface area contributed by atoms with E-state index >= 15 is 0 Å². The van der Waals surface area contributed by atoms with E-state index in [4.69, 9.17) is 4.74 Å². The van der Waals surface area contributed by atoms with Crippen molar-refractivity contribution in [2.75, 3.05) is 6.61 Å². The number of carbonyl (C=O) groups is 1. The van der Waals surface area contributed by atoms with Gasteiger partial charge in [0.25, 0.3) is 5.56 Å². The topological polar surface area (TPSA) is 61.2 Å². The van der Waals surface area contributed by atoms with Crippen molar-refractivity contribution in [1.82, 2.24) is 9.55 Å². The second-order valence-electron chi connectivity index (χ2n) is 5.95. The van der Waals surface area contributed by atoms with Crippen LogP contribution in [0.25, 0.3) is 10.9 Å². The monoisotopic (exact) mass is 372 g/mol. The van der Waals surface area contributed by atoms with Crippen molar-refractivity contribution in [3.8, 4) is 0 Å². The number of aryl methyl sites for hydroxylation is 2. The van der Waals surface area contributed by atoms with Gasteiger partial charge in [0, 0.05) is 6.42 Å². The van der Waals surface area contributed by atoms with Gasteiger partial charge in [-0.2, -0.15) is 4.98 Å². The summed E-state index contributed by atoms with van der Waals surface area (Å²) >= 11 is 0. The van der Waals surface area contributed by atoms with Gasteiger partial charge >= 0.3 is 5.97 Å². The third-order valence-electron chi connectivity index (χ3n) is 4.21. The van der Waals surface area contributed by atoms with Gasteiger partial charge in [0.2, 0.25) is 0 Å². The minimum absolute atomic E-state index is 0.122. The number of esters is 1. The zero-order valence-electron chi connectivity index (χ0n) is 14.7. The molecule has 0 spiro atoms. The summed E-state index contributed by atoms with van der Waals surface area (Å²) in [5.41, 5.74) is 0.292. The van der Waals surface area contributed by atoms with Gasteiger partial charge in [0.05, 0.1) is 17.5 Å². The lowest BCUT2D eigenvalue weighted by molar-refractivity contribution is -0.143. The molecular weight excluding hydrogens is 354 g/mol. The lowest BCUT2D eigenvalue weighted by atomic mass is 10.1. The number of ether oxygens (including phenoxy) is 1. The standard InChI is InChI=1S/C20H18F2N2O3/c1-2-27-18(25)12-24-16-9-4-3-7-14(16)20(26)23-17(24)11-10-13-6-5-8-15(21)19(13)22/h3-9H,2,10-12H2,1H3. The Balaban J connectivity index is 2.01. The van der Waals surface area contributed by atoms with Crippen LogP contribution in [0.3, 0.4) is 0 Å². The molecular formula is C20H18F2N2O3. The molecule has 5 nitrogen and oxygen atoms in total. The Kier molecular flexibility index (Phi) is 5.59. The van der Waals surface area contributed by atoms with Gasteiger partial charge < -0.3 is 9.30 Å². The van der Waals surface area contributed by atoms with Crippen LogP contribution in [-0.2, 0) is 28.9 Å². The van der Waals surface area contributed by atoms with Crippen LogP contribution in [0, 0.1) is 11.6 Å². The molecule has 27 heavy (non-hydrogen) atoms. The average Bonchev–Trinajstić information content (AvgIpc) is 2.66. The lowest BCUT2D eigenvalue weighted by Gasteiger charge is -2.15. The minimum atomic E-state index is -0.928. The molecule has 3 aromatic rings. The van der Waals surface area contributed by atoms with Crippen LogP contribution in [0.2, 0.25) is 0 Å². The molecule has 0 N–H and O–H groups in total. The van der Waals surface area contributed by atoms with Crippen molar-refractivity contribution in [2.45, 2.75) is 26.3 Å². The number of nitrogens with zero attached hydrogens (tertiary/aromatic N) is 2. The number of rotatable bonds is 6. The molecule has 0 bridgehead atoms. The number of para-hydroxylation sites is 1. The second-order valence-corrected chi connectivity index (χ2v) is 5.95. The lowest BCUT2D eigenvalue weighted by Crippen LogP contribution is -2.23. The first-order chi connectivity index (χ1) is 13.0. The van der Waals surface area contributed by atoms with Gasteiger partial charge in [-0.25, -0.2) is 8.78 Å². The summed E-state index contributed by atoms with van der Waals surface area (Å²) in [7, 11) is 0. The van der Waals surface area contributed by atoms with Crippen molar-refractivity contribution < 1.29 is 18.3 Å². The Hall–Kier alpha value is -3.09. The van der Waals surface area contributed by atoms with Crippen LogP contribution in [0.5, 0.6) is 0 Å². The third-order valence-corrected chi connectivity index (χ3v) is 4.21. The largest absolute Gasteiger partial charge is 0.465 e. The Morgan fingerprint density at radius 1 is 1.11 bits per heavy atom. The van der Waals surface area contributed by atoms with E-state index in [9.17, 15) is 18.4 Å². The van der Waals surface area contributed by atoms with Crippen molar-refractivity contribution >= 4 is 16.9 Å². The van der Waals surface area contributed by atoms with Gasteiger partial charge in [0.1, 0.15) is 12.4 Å². The SMILES string of the molecule is CCOC(=O)Cn1c(CCc2cccc(F)c2F)nc(=O)c2ccccc21. The van der Waals surface area contributed by atoms with Crippen LogP contribution in [-0.4, -0.2) is 22.1 Å². The highest BCUT2D eigenvalue weighted by molar-refractivity contribution is 5.80. The second kappa shape index (κ2) is 8.07. The number of halogens is 2. The van der Waals surface area contributed by atoms with Crippen molar-refractivity contribution in [1.29, 1.82) is 0 Å². The molecule has 0 saturated heterocycles. The number of hydrogen-bond donors (Lipinski definition) is 0. The fourth-order valence-electron chi connectivity index (χ4n) is 2.96. The molecule has 1 aromatic heterocycles. The van der Waals surface area contributed by atoms with Crippen LogP contribution >= 0.6 is 0 Å². The molecule has 140 valence electrons. The number of benzene rings is 2. The molecule has 1 heterocycles.